The van der Waals surface area contributed by atoms with Crippen LogP contribution in [0, 0.1) is 6.92 Å². The van der Waals surface area contributed by atoms with Crippen molar-refractivity contribution in [2.75, 3.05) is 13.9 Å². The molecule has 0 amide bonds. The molecule has 3 aromatic rings. The maximum atomic E-state index is 13.0. The Morgan fingerprint density at radius 2 is 1.96 bits per heavy atom. The van der Waals surface area contributed by atoms with E-state index in [1.807, 2.05) is 0 Å². The number of aryl methyl sites for hydroxylation is 1. The largest absolute Gasteiger partial charge is 0.491 e. The van der Waals surface area contributed by atoms with Gasteiger partial charge in [-0.2, -0.15) is 18.3 Å². The van der Waals surface area contributed by atoms with Gasteiger partial charge in [-0.25, -0.2) is 4.52 Å². The van der Waals surface area contributed by atoms with E-state index in [0.717, 1.165) is 12.1 Å². The van der Waals surface area contributed by atoms with Crippen molar-refractivity contribution in [3.63, 3.8) is 0 Å². The summed E-state index contributed by atoms with van der Waals surface area (Å²) in [5, 5.41) is 21.4. The van der Waals surface area contributed by atoms with Crippen molar-refractivity contribution in [1.29, 1.82) is 0 Å². The number of halogens is 3. The van der Waals surface area contributed by atoms with Gasteiger partial charge in [0.2, 0.25) is 0 Å². The van der Waals surface area contributed by atoms with Crippen LogP contribution in [0.3, 0.4) is 0 Å². The molecule has 0 atom stereocenters. The molecule has 0 aliphatic carbocycles. The predicted molar refractivity (Wildman–Crippen MR) is 80.1 cm³/mol. The Bertz CT molecular complexity index is 924. The maximum absolute atomic E-state index is 13.0. The minimum absolute atomic E-state index is 0.0916. The van der Waals surface area contributed by atoms with Gasteiger partial charge in [0.25, 0.3) is 5.88 Å². The van der Waals surface area contributed by atoms with Gasteiger partial charge in [0, 0.05) is 7.11 Å². The Kier molecular flexibility index (Phi) is 4.21. The molecule has 0 unspecified atom stereocenters. The third kappa shape index (κ3) is 3.20. The number of fused-ring (bicyclic) bond motifs is 1. The first-order valence-corrected chi connectivity index (χ1v) is 7.06. The number of benzene rings is 1. The van der Waals surface area contributed by atoms with Crippen molar-refractivity contribution in [1.82, 2.24) is 19.8 Å². The van der Waals surface area contributed by atoms with Gasteiger partial charge in [0.1, 0.15) is 11.3 Å². The predicted octanol–water partition coefficient (Wildman–Crippen LogP) is 2.81. The molecule has 1 aromatic carbocycles. The Morgan fingerprint density at radius 1 is 1.20 bits per heavy atom. The molecule has 0 saturated heterocycles. The highest BCUT2D eigenvalue weighted by molar-refractivity contribution is 5.69. The van der Waals surface area contributed by atoms with Crippen LogP contribution >= 0.6 is 0 Å². The van der Waals surface area contributed by atoms with Crippen LogP contribution in [-0.4, -0.2) is 38.8 Å². The highest BCUT2D eigenvalue weighted by Crippen LogP contribution is 2.37. The zero-order valence-corrected chi connectivity index (χ0v) is 13.2. The molecule has 0 spiro atoms. The van der Waals surface area contributed by atoms with Gasteiger partial charge in [0.05, 0.1) is 16.8 Å². The number of aromatic hydroxyl groups is 1. The fourth-order valence-electron chi connectivity index (χ4n) is 2.30. The molecule has 1 N–H and O–H groups in total. The summed E-state index contributed by atoms with van der Waals surface area (Å²) in [4.78, 5) is 0. The SMILES string of the molecule is COCOc1cc(C(F)(F)F)ccc1-c1nnc(O)c2cc(C)nn12. The van der Waals surface area contributed by atoms with Crippen molar-refractivity contribution in [2.45, 2.75) is 13.1 Å². The second-order valence-electron chi connectivity index (χ2n) is 5.19. The molecule has 2 heterocycles. The number of rotatable bonds is 4. The van der Waals surface area contributed by atoms with Crippen molar-refractivity contribution >= 4 is 5.52 Å². The van der Waals surface area contributed by atoms with Crippen molar-refractivity contribution in [2.24, 2.45) is 0 Å². The minimum atomic E-state index is -4.53. The van der Waals surface area contributed by atoms with Crippen LogP contribution in [0.5, 0.6) is 11.6 Å². The number of methoxy groups -OCH3 is 1. The van der Waals surface area contributed by atoms with E-state index < -0.39 is 11.7 Å². The zero-order valence-electron chi connectivity index (χ0n) is 13.2. The molecular weight excluding hydrogens is 341 g/mol. The summed E-state index contributed by atoms with van der Waals surface area (Å²) in [7, 11) is 1.35. The lowest BCUT2D eigenvalue weighted by atomic mass is 10.1. The Balaban J connectivity index is 2.21. The first-order valence-electron chi connectivity index (χ1n) is 7.06. The van der Waals surface area contributed by atoms with Gasteiger partial charge in [0.15, 0.2) is 12.6 Å². The van der Waals surface area contributed by atoms with E-state index >= 15 is 0 Å². The molecular formula is C15H13F3N4O3. The Labute approximate surface area is 139 Å². The van der Waals surface area contributed by atoms with E-state index in [2.05, 4.69) is 15.3 Å². The fourth-order valence-corrected chi connectivity index (χ4v) is 2.30. The van der Waals surface area contributed by atoms with Crippen molar-refractivity contribution in [3.8, 4) is 23.0 Å². The number of alkyl halides is 3. The van der Waals surface area contributed by atoms with Gasteiger partial charge >= 0.3 is 6.18 Å². The van der Waals surface area contributed by atoms with Crippen LogP contribution in [0.2, 0.25) is 0 Å². The topological polar surface area (TPSA) is 81.8 Å². The van der Waals surface area contributed by atoms with Gasteiger partial charge in [-0.3, -0.25) is 0 Å². The van der Waals surface area contributed by atoms with Crippen LogP contribution in [-0.2, 0) is 10.9 Å². The lowest BCUT2D eigenvalue weighted by Gasteiger charge is -2.14. The third-order valence-corrected chi connectivity index (χ3v) is 3.38. The van der Waals surface area contributed by atoms with E-state index in [4.69, 9.17) is 9.47 Å². The molecule has 0 aliphatic heterocycles. The van der Waals surface area contributed by atoms with Crippen molar-refractivity contribution < 1.29 is 27.8 Å². The lowest BCUT2D eigenvalue weighted by molar-refractivity contribution is -0.137. The van der Waals surface area contributed by atoms with Gasteiger partial charge < -0.3 is 14.6 Å². The Morgan fingerprint density at radius 3 is 2.64 bits per heavy atom. The summed E-state index contributed by atoms with van der Waals surface area (Å²) in [5.41, 5.74) is 0.213. The molecule has 0 fully saturated rings. The summed E-state index contributed by atoms with van der Waals surface area (Å²) in [6, 6.07) is 4.55. The van der Waals surface area contributed by atoms with E-state index in [9.17, 15) is 18.3 Å². The molecule has 3 rings (SSSR count). The lowest BCUT2D eigenvalue weighted by Crippen LogP contribution is -2.09. The molecule has 2 aromatic heterocycles. The van der Waals surface area contributed by atoms with Gasteiger partial charge in [-0.1, -0.05) is 0 Å². The first kappa shape index (κ1) is 17.0. The molecule has 10 heteroatoms. The smallest absolute Gasteiger partial charge is 0.416 e. The second-order valence-corrected chi connectivity index (χ2v) is 5.19. The van der Waals surface area contributed by atoms with Crippen LogP contribution in [0.25, 0.3) is 16.9 Å². The first-order chi connectivity index (χ1) is 11.8. The fraction of sp³-hybridized carbons (Fsp3) is 0.267. The summed E-state index contributed by atoms with van der Waals surface area (Å²) < 4.78 is 50.2. The number of hydrogen-bond acceptors (Lipinski definition) is 6. The molecule has 0 radical (unpaired) electrons. The summed E-state index contributed by atoms with van der Waals surface area (Å²) >= 11 is 0. The number of nitrogens with zero attached hydrogens (tertiary/aromatic N) is 4. The zero-order chi connectivity index (χ0) is 18.2. The van der Waals surface area contributed by atoms with E-state index in [1.165, 1.54) is 17.7 Å². The molecule has 25 heavy (non-hydrogen) atoms. The number of ether oxygens (including phenoxy) is 2. The molecule has 0 saturated carbocycles. The average molecular weight is 354 g/mol. The third-order valence-electron chi connectivity index (χ3n) is 3.38. The average Bonchev–Trinajstić information content (AvgIpc) is 2.95. The van der Waals surface area contributed by atoms with Crippen LogP contribution in [0.1, 0.15) is 11.3 Å². The van der Waals surface area contributed by atoms with Crippen LogP contribution in [0.15, 0.2) is 24.3 Å². The van der Waals surface area contributed by atoms with Gasteiger partial charge in [-0.15, -0.1) is 10.2 Å². The van der Waals surface area contributed by atoms with Gasteiger partial charge in [-0.05, 0) is 31.2 Å². The second kappa shape index (κ2) is 6.20. The van der Waals surface area contributed by atoms with Crippen molar-refractivity contribution in [3.05, 3.63) is 35.5 Å². The molecule has 0 aliphatic rings. The normalized spacial score (nSPS) is 11.9. The van der Waals surface area contributed by atoms with E-state index in [-0.39, 0.29) is 35.3 Å². The number of hydrogen-bond donors (Lipinski definition) is 1. The molecule has 0 bridgehead atoms. The molecule has 7 nitrogen and oxygen atoms in total. The summed E-state index contributed by atoms with van der Waals surface area (Å²) in [6.45, 7) is 1.45. The standard InChI is InChI=1S/C15H13F3N4O3/c1-8-5-11-14(23)20-19-13(22(11)21-8)10-4-3-9(15(16,17)18)6-12(10)25-7-24-2/h3-6H,7H2,1-2H3,(H,20,23). The Hall–Kier alpha value is -2.88. The van der Waals surface area contributed by atoms with Crippen LogP contribution < -0.4 is 4.74 Å². The highest BCUT2D eigenvalue weighted by atomic mass is 19.4. The summed E-state index contributed by atoms with van der Waals surface area (Å²) in [6.07, 6.45) is -4.53. The minimum Gasteiger partial charge on any atom is -0.491 e. The van der Waals surface area contributed by atoms with E-state index in [1.54, 1.807) is 13.0 Å². The molecule has 132 valence electrons. The summed E-state index contributed by atoms with van der Waals surface area (Å²) in [5.74, 6) is -0.303. The highest BCUT2D eigenvalue weighted by Gasteiger charge is 2.32. The quantitative estimate of drug-likeness (QED) is 0.726. The van der Waals surface area contributed by atoms with Crippen LogP contribution in [0.4, 0.5) is 13.2 Å². The number of aromatic nitrogens is 4. The maximum Gasteiger partial charge on any atom is 0.416 e. The van der Waals surface area contributed by atoms with E-state index in [0.29, 0.717) is 5.69 Å². The monoisotopic (exact) mass is 354 g/mol.